The second kappa shape index (κ2) is 23.6. The molecule has 0 atom stereocenters. The van der Waals surface area contributed by atoms with Gasteiger partial charge in [0.2, 0.25) is 5.91 Å². The van der Waals surface area contributed by atoms with E-state index in [4.69, 9.17) is 11.7 Å². The minimum Gasteiger partial charge on any atom is -0.281 e. The molecule has 5 N–H and O–H groups in total. The number of carbonyl (C=O) groups excluding carboxylic acids is 1. The Morgan fingerprint density at radius 1 is 0.655 bits per heavy atom. The Balaban J connectivity index is 3.31. The van der Waals surface area contributed by atoms with Crippen molar-refractivity contribution in [3.05, 3.63) is 0 Å². The number of carbonyl (C=O) groups is 1. The van der Waals surface area contributed by atoms with Gasteiger partial charge in [-0.05, 0) is 19.3 Å². The van der Waals surface area contributed by atoms with Gasteiger partial charge in [0, 0.05) is 19.5 Å². The maximum atomic E-state index is 12.1. The zero-order valence-electron chi connectivity index (χ0n) is 19.6. The van der Waals surface area contributed by atoms with Crippen LogP contribution < -0.4 is 17.1 Å². The van der Waals surface area contributed by atoms with E-state index in [1.807, 2.05) is 0 Å². The Labute approximate surface area is 181 Å². The normalized spacial score (nSPS) is 11.1. The van der Waals surface area contributed by atoms with Crippen LogP contribution in [0.25, 0.3) is 0 Å². The summed E-state index contributed by atoms with van der Waals surface area (Å²) in [5, 5.41) is 1.46. The topological polar surface area (TPSA) is 84.4 Å². The number of hydrogen-bond acceptors (Lipinski definition) is 4. The first-order valence-corrected chi connectivity index (χ1v) is 12.7. The van der Waals surface area contributed by atoms with E-state index in [1.165, 1.54) is 108 Å². The number of nitrogens with one attached hydrogen (secondary N) is 1. The molecule has 5 heteroatoms. The molecule has 0 aromatic rings. The maximum Gasteiger partial charge on any atom is 0.236 e. The molecule has 0 saturated carbocycles. The van der Waals surface area contributed by atoms with Crippen LogP contribution in [0.3, 0.4) is 0 Å². The predicted molar refractivity (Wildman–Crippen MR) is 126 cm³/mol. The van der Waals surface area contributed by atoms with Crippen molar-refractivity contribution in [2.75, 3.05) is 13.1 Å². The van der Waals surface area contributed by atoms with Crippen LogP contribution in [0.5, 0.6) is 0 Å². The molecule has 1 amide bonds. The van der Waals surface area contributed by atoms with Gasteiger partial charge in [-0.1, -0.05) is 110 Å². The minimum absolute atomic E-state index is 0.120. The largest absolute Gasteiger partial charge is 0.281 e. The summed E-state index contributed by atoms with van der Waals surface area (Å²) in [5.74, 6) is 11.3. The third-order valence-electron chi connectivity index (χ3n) is 5.78. The van der Waals surface area contributed by atoms with E-state index in [9.17, 15) is 4.79 Å². The third kappa shape index (κ3) is 21.9. The van der Waals surface area contributed by atoms with E-state index in [0.717, 1.165) is 32.4 Å². The molecule has 0 unspecified atom stereocenters. The van der Waals surface area contributed by atoms with E-state index in [0.29, 0.717) is 6.42 Å². The molecule has 5 nitrogen and oxygen atoms in total. The molecule has 0 rings (SSSR count). The standard InChI is InChI=1S/C24H52N4O/c1-2-3-4-5-6-7-11-14-17-20-23-28(26)24(29)21-18-15-12-9-8-10-13-16-19-22-27-25/h27H,2-23,25-26H2,1H3. The monoisotopic (exact) mass is 412 g/mol. The molecular weight excluding hydrogens is 360 g/mol. The Kier molecular flexibility index (Phi) is 23.1. The zero-order valence-corrected chi connectivity index (χ0v) is 19.6. The zero-order chi connectivity index (χ0) is 21.4. The van der Waals surface area contributed by atoms with Crippen molar-refractivity contribution in [2.45, 2.75) is 135 Å². The SMILES string of the molecule is CCCCCCCCCCCCN(N)C(=O)CCCCCCCCCCCNN. The molecule has 0 aliphatic heterocycles. The average molecular weight is 413 g/mol. The van der Waals surface area contributed by atoms with Crippen molar-refractivity contribution in [1.29, 1.82) is 0 Å². The van der Waals surface area contributed by atoms with Crippen LogP contribution in [0.2, 0.25) is 0 Å². The van der Waals surface area contributed by atoms with Crippen molar-refractivity contribution < 1.29 is 4.79 Å². The highest BCUT2D eigenvalue weighted by Gasteiger charge is 2.08. The summed E-state index contributed by atoms with van der Waals surface area (Å²) in [6.45, 7) is 3.90. The van der Waals surface area contributed by atoms with Gasteiger partial charge in [0.25, 0.3) is 0 Å². The number of amides is 1. The molecule has 0 aromatic carbocycles. The highest BCUT2D eigenvalue weighted by atomic mass is 16.2. The van der Waals surface area contributed by atoms with Gasteiger partial charge < -0.3 is 0 Å². The third-order valence-corrected chi connectivity index (χ3v) is 5.78. The van der Waals surface area contributed by atoms with Crippen LogP contribution in [0, 0.1) is 0 Å². The van der Waals surface area contributed by atoms with Gasteiger partial charge in [0.05, 0.1) is 0 Å². The first kappa shape index (κ1) is 28.4. The summed E-state index contributed by atoms with van der Waals surface area (Å²) in [6, 6.07) is 0. The van der Waals surface area contributed by atoms with Crippen molar-refractivity contribution in [3.8, 4) is 0 Å². The Morgan fingerprint density at radius 2 is 1.07 bits per heavy atom. The Morgan fingerprint density at radius 3 is 1.55 bits per heavy atom. The number of nitrogens with two attached hydrogens (primary N) is 2. The van der Waals surface area contributed by atoms with Crippen LogP contribution in [0.15, 0.2) is 0 Å². The van der Waals surface area contributed by atoms with Crippen molar-refractivity contribution >= 4 is 5.91 Å². The first-order valence-electron chi connectivity index (χ1n) is 12.7. The predicted octanol–water partition coefficient (Wildman–Crippen LogP) is 5.97. The number of unbranched alkanes of at least 4 members (excludes halogenated alkanes) is 17. The maximum absolute atomic E-state index is 12.1. The van der Waals surface area contributed by atoms with E-state index in [1.54, 1.807) is 0 Å². The number of rotatable bonds is 23. The molecule has 0 aliphatic carbocycles. The van der Waals surface area contributed by atoms with Gasteiger partial charge in [0.15, 0.2) is 0 Å². The molecular formula is C24H52N4O. The summed E-state index contributed by atoms with van der Waals surface area (Å²) in [7, 11) is 0. The van der Waals surface area contributed by atoms with Gasteiger partial charge in [-0.25, -0.2) is 5.84 Å². The number of nitrogens with zero attached hydrogens (tertiary/aromatic N) is 1. The molecule has 0 bridgehead atoms. The van der Waals surface area contributed by atoms with Gasteiger partial charge in [-0.2, -0.15) is 0 Å². The van der Waals surface area contributed by atoms with Gasteiger partial charge in [-0.15, -0.1) is 0 Å². The number of hydrogen-bond donors (Lipinski definition) is 3. The fraction of sp³-hybridized carbons (Fsp3) is 0.958. The summed E-state index contributed by atoms with van der Waals surface area (Å²) in [4.78, 5) is 12.1. The fourth-order valence-corrected chi connectivity index (χ4v) is 3.78. The van der Waals surface area contributed by atoms with Crippen LogP contribution in [-0.4, -0.2) is 24.0 Å². The lowest BCUT2D eigenvalue weighted by molar-refractivity contribution is -0.131. The molecule has 0 radical (unpaired) electrons. The highest BCUT2D eigenvalue weighted by Crippen LogP contribution is 2.12. The minimum atomic E-state index is 0.120. The fourth-order valence-electron chi connectivity index (χ4n) is 3.78. The Bertz CT molecular complexity index is 339. The molecule has 0 aliphatic rings. The van der Waals surface area contributed by atoms with Crippen LogP contribution in [-0.2, 0) is 4.79 Å². The summed E-state index contributed by atoms with van der Waals surface area (Å²) in [6.07, 6.45) is 24.7. The van der Waals surface area contributed by atoms with E-state index in [-0.39, 0.29) is 5.91 Å². The molecule has 29 heavy (non-hydrogen) atoms. The lowest BCUT2D eigenvalue weighted by Gasteiger charge is -2.16. The second-order valence-electron chi connectivity index (χ2n) is 8.66. The lowest BCUT2D eigenvalue weighted by atomic mass is 10.1. The highest BCUT2D eigenvalue weighted by molar-refractivity contribution is 5.75. The van der Waals surface area contributed by atoms with E-state index in [2.05, 4.69) is 12.3 Å². The molecule has 0 aromatic heterocycles. The second-order valence-corrected chi connectivity index (χ2v) is 8.66. The Hall–Kier alpha value is -0.650. The van der Waals surface area contributed by atoms with Crippen LogP contribution >= 0.6 is 0 Å². The number of hydrazine groups is 2. The van der Waals surface area contributed by atoms with Crippen molar-refractivity contribution in [3.63, 3.8) is 0 Å². The molecule has 174 valence electrons. The van der Waals surface area contributed by atoms with Gasteiger partial charge >= 0.3 is 0 Å². The van der Waals surface area contributed by atoms with Crippen LogP contribution in [0.4, 0.5) is 0 Å². The van der Waals surface area contributed by atoms with E-state index >= 15 is 0 Å². The average Bonchev–Trinajstić information content (AvgIpc) is 2.73. The lowest BCUT2D eigenvalue weighted by Crippen LogP contribution is -2.37. The quantitative estimate of drug-likeness (QED) is 0.0834. The smallest absolute Gasteiger partial charge is 0.236 e. The summed E-state index contributed by atoms with van der Waals surface area (Å²) >= 11 is 0. The van der Waals surface area contributed by atoms with Crippen molar-refractivity contribution in [2.24, 2.45) is 11.7 Å². The molecule has 0 spiro atoms. The van der Waals surface area contributed by atoms with Gasteiger partial charge in [-0.3, -0.25) is 21.1 Å². The first-order chi connectivity index (χ1) is 14.2. The molecule has 0 fully saturated rings. The van der Waals surface area contributed by atoms with E-state index < -0.39 is 0 Å². The summed E-state index contributed by atoms with van der Waals surface area (Å²) < 4.78 is 0. The molecule has 0 heterocycles. The molecule has 0 saturated heterocycles. The van der Waals surface area contributed by atoms with Crippen molar-refractivity contribution in [1.82, 2.24) is 10.4 Å². The van der Waals surface area contributed by atoms with Gasteiger partial charge in [0.1, 0.15) is 0 Å². The summed E-state index contributed by atoms with van der Waals surface area (Å²) in [5.41, 5.74) is 2.70. The van der Waals surface area contributed by atoms with Crippen LogP contribution in [0.1, 0.15) is 135 Å².